The summed E-state index contributed by atoms with van der Waals surface area (Å²) in [5, 5.41) is 2.47. The molecular weight excluding hydrogens is 325 g/mol. The van der Waals surface area contributed by atoms with Crippen LogP contribution in [0, 0.1) is 0 Å². The molecule has 7 heteroatoms. The number of alkyl halides is 3. The van der Waals surface area contributed by atoms with E-state index in [1.54, 1.807) is 19.0 Å². The van der Waals surface area contributed by atoms with E-state index in [1.807, 2.05) is 0 Å². The standard InChI is InChI=1S/C12H14BrF3N2O/c1-18(2)7-11(19)17-6-8-3-4-9(13)5-10(8)12(14,15)16/h3-5H,6-7H2,1-2H3,(H,17,19). The largest absolute Gasteiger partial charge is 0.416 e. The summed E-state index contributed by atoms with van der Waals surface area (Å²) in [6, 6.07) is 3.87. The van der Waals surface area contributed by atoms with E-state index < -0.39 is 11.7 Å². The molecule has 1 N–H and O–H groups in total. The number of rotatable bonds is 4. The third kappa shape index (κ3) is 5.20. The molecule has 19 heavy (non-hydrogen) atoms. The Morgan fingerprint density at radius 2 is 2.00 bits per heavy atom. The fourth-order valence-electron chi connectivity index (χ4n) is 1.50. The van der Waals surface area contributed by atoms with Gasteiger partial charge in [0.05, 0.1) is 12.1 Å². The summed E-state index contributed by atoms with van der Waals surface area (Å²) in [4.78, 5) is 13.1. The zero-order valence-electron chi connectivity index (χ0n) is 10.5. The Hall–Kier alpha value is -1.08. The summed E-state index contributed by atoms with van der Waals surface area (Å²) < 4.78 is 38.8. The SMILES string of the molecule is CN(C)CC(=O)NCc1ccc(Br)cc1C(F)(F)F. The number of likely N-dealkylation sites (N-methyl/N-ethyl adjacent to an activating group) is 1. The van der Waals surface area contributed by atoms with Gasteiger partial charge in [-0.2, -0.15) is 13.2 Å². The molecule has 0 saturated carbocycles. The monoisotopic (exact) mass is 338 g/mol. The number of halogens is 4. The van der Waals surface area contributed by atoms with Gasteiger partial charge < -0.3 is 10.2 Å². The molecule has 3 nitrogen and oxygen atoms in total. The molecule has 0 radical (unpaired) electrons. The van der Waals surface area contributed by atoms with Crippen LogP contribution in [0.4, 0.5) is 13.2 Å². The van der Waals surface area contributed by atoms with E-state index in [0.717, 1.165) is 6.07 Å². The third-order valence-corrected chi connectivity index (χ3v) is 2.81. The van der Waals surface area contributed by atoms with Gasteiger partial charge in [-0.25, -0.2) is 0 Å². The van der Waals surface area contributed by atoms with E-state index in [-0.39, 0.29) is 24.6 Å². The van der Waals surface area contributed by atoms with Crippen molar-refractivity contribution in [2.24, 2.45) is 0 Å². The van der Waals surface area contributed by atoms with Crippen LogP contribution in [0.2, 0.25) is 0 Å². The average molecular weight is 339 g/mol. The van der Waals surface area contributed by atoms with Gasteiger partial charge >= 0.3 is 6.18 Å². The predicted molar refractivity (Wildman–Crippen MR) is 69.5 cm³/mol. The molecule has 0 aliphatic rings. The molecule has 0 aliphatic carbocycles. The fourth-order valence-corrected chi connectivity index (χ4v) is 1.86. The Labute approximate surface area is 117 Å². The minimum atomic E-state index is -4.44. The first-order valence-corrected chi connectivity index (χ1v) is 6.26. The van der Waals surface area contributed by atoms with Gasteiger partial charge in [0.15, 0.2) is 0 Å². The van der Waals surface area contributed by atoms with Gasteiger partial charge in [0.1, 0.15) is 0 Å². The van der Waals surface area contributed by atoms with Crippen LogP contribution in [0.3, 0.4) is 0 Å². The second kappa shape index (κ2) is 6.38. The highest BCUT2D eigenvalue weighted by molar-refractivity contribution is 9.10. The second-order valence-corrected chi connectivity index (χ2v) is 5.23. The molecule has 1 aromatic rings. The van der Waals surface area contributed by atoms with E-state index in [9.17, 15) is 18.0 Å². The number of hydrogen-bond donors (Lipinski definition) is 1. The Morgan fingerprint density at radius 1 is 1.37 bits per heavy atom. The van der Waals surface area contributed by atoms with Crippen LogP contribution in [-0.4, -0.2) is 31.4 Å². The first-order valence-electron chi connectivity index (χ1n) is 5.47. The van der Waals surface area contributed by atoms with Crippen molar-refractivity contribution >= 4 is 21.8 Å². The van der Waals surface area contributed by atoms with Crippen molar-refractivity contribution in [1.82, 2.24) is 10.2 Å². The molecule has 0 bridgehead atoms. The smallest absolute Gasteiger partial charge is 0.351 e. The number of benzene rings is 1. The average Bonchev–Trinajstić information content (AvgIpc) is 2.25. The van der Waals surface area contributed by atoms with E-state index in [1.165, 1.54) is 12.1 Å². The zero-order valence-corrected chi connectivity index (χ0v) is 12.1. The molecule has 1 aromatic carbocycles. The van der Waals surface area contributed by atoms with Crippen molar-refractivity contribution < 1.29 is 18.0 Å². The van der Waals surface area contributed by atoms with Crippen molar-refractivity contribution in [2.45, 2.75) is 12.7 Å². The van der Waals surface area contributed by atoms with E-state index >= 15 is 0 Å². The Kier molecular flexibility index (Phi) is 5.37. The minimum Gasteiger partial charge on any atom is -0.351 e. The summed E-state index contributed by atoms with van der Waals surface area (Å²) in [5.41, 5.74) is -0.699. The van der Waals surface area contributed by atoms with Crippen molar-refractivity contribution in [2.75, 3.05) is 20.6 Å². The maximum absolute atomic E-state index is 12.8. The Bertz CT molecular complexity index is 461. The molecule has 0 heterocycles. The lowest BCUT2D eigenvalue weighted by molar-refractivity contribution is -0.138. The summed E-state index contributed by atoms with van der Waals surface area (Å²) in [7, 11) is 3.42. The molecule has 0 unspecified atom stereocenters. The van der Waals surface area contributed by atoms with Gasteiger partial charge in [-0.3, -0.25) is 4.79 Å². The topological polar surface area (TPSA) is 32.3 Å². The van der Waals surface area contributed by atoms with Crippen molar-refractivity contribution in [3.8, 4) is 0 Å². The fraction of sp³-hybridized carbons (Fsp3) is 0.417. The lowest BCUT2D eigenvalue weighted by Crippen LogP contribution is -2.33. The van der Waals surface area contributed by atoms with Gasteiger partial charge in [0, 0.05) is 11.0 Å². The van der Waals surface area contributed by atoms with Gasteiger partial charge in [0.2, 0.25) is 5.91 Å². The van der Waals surface area contributed by atoms with Crippen LogP contribution >= 0.6 is 15.9 Å². The molecular formula is C12H14BrF3N2O. The highest BCUT2D eigenvalue weighted by Gasteiger charge is 2.33. The van der Waals surface area contributed by atoms with E-state index in [4.69, 9.17) is 0 Å². The Balaban J connectivity index is 2.81. The summed E-state index contributed by atoms with van der Waals surface area (Å²) in [5.74, 6) is -0.318. The van der Waals surface area contributed by atoms with Crippen molar-refractivity contribution in [3.05, 3.63) is 33.8 Å². The molecule has 0 aliphatic heterocycles. The van der Waals surface area contributed by atoms with E-state index in [0.29, 0.717) is 4.47 Å². The molecule has 1 rings (SSSR count). The molecule has 0 atom stereocenters. The molecule has 106 valence electrons. The van der Waals surface area contributed by atoms with Gasteiger partial charge in [-0.1, -0.05) is 22.0 Å². The lowest BCUT2D eigenvalue weighted by atomic mass is 10.1. The minimum absolute atomic E-state index is 0.0443. The molecule has 1 amide bonds. The first kappa shape index (κ1) is 16.0. The number of carbonyl (C=O) groups excluding carboxylic acids is 1. The summed E-state index contributed by atoms with van der Waals surface area (Å²) in [6.07, 6.45) is -4.44. The number of carbonyl (C=O) groups is 1. The first-order chi connectivity index (χ1) is 8.70. The number of nitrogens with one attached hydrogen (secondary N) is 1. The van der Waals surface area contributed by atoms with Crippen molar-refractivity contribution in [1.29, 1.82) is 0 Å². The quantitative estimate of drug-likeness (QED) is 0.915. The van der Waals surface area contributed by atoms with Gasteiger partial charge in [-0.05, 0) is 31.8 Å². The molecule has 0 fully saturated rings. The highest BCUT2D eigenvalue weighted by atomic mass is 79.9. The molecule has 0 aromatic heterocycles. The summed E-state index contributed by atoms with van der Waals surface area (Å²) >= 11 is 3.01. The van der Waals surface area contributed by atoms with E-state index in [2.05, 4.69) is 21.2 Å². The normalized spacial score (nSPS) is 11.7. The van der Waals surface area contributed by atoms with Crippen LogP contribution in [0.1, 0.15) is 11.1 Å². The highest BCUT2D eigenvalue weighted by Crippen LogP contribution is 2.33. The van der Waals surface area contributed by atoms with Crippen LogP contribution in [-0.2, 0) is 17.5 Å². The lowest BCUT2D eigenvalue weighted by Gasteiger charge is -2.15. The zero-order chi connectivity index (χ0) is 14.6. The van der Waals surface area contributed by atoms with Gasteiger partial charge in [-0.15, -0.1) is 0 Å². The van der Waals surface area contributed by atoms with Crippen molar-refractivity contribution in [3.63, 3.8) is 0 Å². The van der Waals surface area contributed by atoms with Gasteiger partial charge in [0.25, 0.3) is 0 Å². The maximum Gasteiger partial charge on any atom is 0.416 e. The maximum atomic E-state index is 12.8. The second-order valence-electron chi connectivity index (χ2n) is 4.31. The van der Waals surface area contributed by atoms with Crippen LogP contribution in [0.25, 0.3) is 0 Å². The van der Waals surface area contributed by atoms with Crippen LogP contribution in [0.15, 0.2) is 22.7 Å². The molecule has 0 saturated heterocycles. The van der Waals surface area contributed by atoms with Crippen LogP contribution in [0.5, 0.6) is 0 Å². The summed E-state index contributed by atoms with van der Waals surface area (Å²) in [6.45, 7) is -0.00727. The Morgan fingerprint density at radius 3 is 2.53 bits per heavy atom. The number of amides is 1. The predicted octanol–water partition coefficient (Wildman–Crippen LogP) is 2.65. The van der Waals surface area contributed by atoms with Crippen LogP contribution < -0.4 is 5.32 Å². The molecule has 0 spiro atoms. The number of nitrogens with zero attached hydrogens (tertiary/aromatic N) is 1. The number of hydrogen-bond acceptors (Lipinski definition) is 2. The third-order valence-electron chi connectivity index (χ3n) is 2.31.